The maximum Gasteiger partial charge on any atom is 0.407 e. The number of aliphatic carboxylic acids is 1. The molecule has 6 rings (SSSR count). The van der Waals surface area contributed by atoms with Crippen LogP contribution in [0.4, 0.5) is 14.9 Å². The highest BCUT2D eigenvalue weighted by Crippen LogP contribution is 2.50. The molecule has 4 atom stereocenters. The summed E-state index contributed by atoms with van der Waals surface area (Å²) in [5.41, 5.74) is -0.763. The van der Waals surface area contributed by atoms with Gasteiger partial charge in [-0.3, -0.25) is 14.5 Å². The first-order valence-corrected chi connectivity index (χ1v) is 14.3. The number of fused-ring (bicyclic) bond motifs is 2. The van der Waals surface area contributed by atoms with Gasteiger partial charge < -0.3 is 34.8 Å². The molecule has 1 aromatic carbocycles. The molecule has 3 aliphatic heterocycles. The number of aliphatic hydroxyl groups is 1. The summed E-state index contributed by atoms with van der Waals surface area (Å²) in [4.78, 5) is 64.0. The van der Waals surface area contributed by atoms with Crippen molar-refractivity contribution in [1.29, 1.82) is 0 Å². The van der Waals surface area contributed by atoms with Crippen LogP contribution in [-0.2, 0) is 14.3 Å². The summed E-state index contributed by atoms with van der Waals surface area (Å²) in [6.07, 6.45) is 1.65. The lowest BCUT2D eigenvalue weighted by atomic mass is 9.92. The predicted molar refractivity (Wildman–Crippen MR) is 147 cm³/mol. The molecule has 2 aromatic rings. The van der Waals surface area contributed by atoms with E-state index in [1.165, 1.54) is 13.1 Å². The van der Waals surface area contributed by atoms with Gasteiger partial charge in [-0.15, -0.1) is 0 Å². The Morgan fingerprint density at radius 2 is 1.90 bits per heavy atom. The Morgan fingerprint density at radius 1 is 1.17 bits per heavy atom. The number of alkyl carbamates (subject to hydrolysis) is 1. The van der Waals surface area contributed by atoms with Gasteiger partial charge in [-0.1, -0.05) is 11.8 Å². The molecule has 1 aromatic heterocycles. The van der Waals surface area contributed by atoms with Gasteiger partial charge in [0.1, 0.15) is 29.1 Å². The van der Waals surface area contributed by atoms with E-state index in [9.17, 15) is 39.3 Å². The molecule has 1 unspecified atom stereocenters. The lowest BCUT2D eigenvalue weighted by Gasteiger charge is -2.43. The Bertz CT molecular complexity index is 1640. The third-order valence-electron chi connectivity index (χ3n) is 8.03. The molecule has 1 saturated carbocycles. The quantitative estimate of drug-likeness (QED) is 0.323. The topological polar surface area (TPSA) is 179 Å². The van der Waals surface area contributed by atoms with Crippen molar-refractivity contribution < 1.29 is 43.6 Å². The fourth-order valence-electron chi connectivity index (χ4n) is 5.80. The number of carboxylic acid groups (broad SMARTS) is 2. The van der Waals surface area contributed by atoms with Gasteiger partial charge in [0.15, 0.2) is 0 Å². The molecule has 4 heterocycles. The predicted octanol–water partition coefficient (Wildman–Crippen LogP) is 1.69. The van der Waals surface area contributed by atoms with Crippen LogP contribution in [-0.4, -0.2) is 85.9 Å². The van der Waals surface area contributed by atoms with Gasteiger partial charge >= 0.3 is 18.0 Å². The van der Waals surface area contributed by atoms with Gasteiger partial charge in [0, 0.05) is 30.7 Å². The number of β-lactam (4-membered cyclic amide) rings is 1. The van der Waals surface area contributed by atoms with Gasteiger partial charge in [0.25, 0.3) is 0 Å². The smallest absolute Gasteiger partial charge is 0.407 e. The lowest BCUT2D eigenvalue weighted by Crippen LogP contribution is -2.60. The van der Waals surface area contributed by atoms with Crippen LogP contribution in [0.1, 0.15) is 42.6 Å². The highest BCUT2D eigenvalue weighted by molar-refractivity contribution is 8.04. The van der Waals surface area contributed by atoms with Gasteiger partial charge in [0.05, 0.1) is 34.2 Å². The number of thioether (sulfide) groups is 1. The van der Waals surface area contributed by atoms with Crippen LogP contribution < -0.4 is 15.6 Å². The van der Waals surface area contributed by atoms with Crippen molar-refractivity contribution in [3.8, 4) is 0 Å². The Morgan fingerprint density at radius 3 is 2.55 bits per heavy atom. The molecular formula is C27H27FN4O9S. The summed E-state index contributed by atoms with van der Waals surface area (Å²) in [5, 5.41) is 31.0. The van der Waals surface area contributed by atoms with Crippen molar-refractivity contribution in [2.45, 2.75) is 49.7 Å². The number of nitrogens with zero attached hydrogens (tertiary/aromatic N) is 3. The van der Waals surface area contributed by atoms with E-state index in [1.54, 1.807) is 15.5 Å². The first-order chi connectivity index (χ1) is 20.0. The minimum absolute atomic E-state index is 0.00783. The molecule has 2 amide bonds. The third kappa shape index (κ3) is 4.65. The minimum Gasteiger partial charge on any atom is -0.477 e. The number of carbonyl (C=O) groups excluding carboxylic acids is 2. The van der Waals surface area contributed by atoms with E-state index in [2.05, 4.69) is 5.32 Å². The summed E-state index contributed by atoms with van der Waals surface area (Å²) in [6.45, 7) is 1.70. The number of halogens is 1. The largest absolute Gasteiger partial charge is 0.477 e. The van der Waals surface area contributed by atoms with Gasteiger partial charge in [-0.2, -0.15) is 0 Å². The average molecular weight is 603 g/mol. The molecular weight excluding hydrogens is 575 g/mol. The Kier molecular flexibility index (Phi) is 6.88. The van der Waals surface area contributed by atoms with Gasteiger partial charge in [-0.05, 0) is 38.3 Å². The van der Waals surface area contributed by atoms with E-state index in [-0.39, 0.29) is 40.9 Å². The summed E-state index contributed by atoms with van der Waals surface area (Å²) in [6, 6.07) is 2.22. The van der Waals surface area contributed by atoms with Crippen LogP contribution in [0.2, 0.25) is 0 Å². The van der Waals surface area contributed by atoms with Gasteiger partial charge in [0.2, 0.25) is 11.3 Å². The maximum absolute atomic E-state index is 15.2. The van der Waals surface area contributed by atoms with E-state index in [0.717, 1.165) is 35.6 Å². The molecule has 42 heavy (non-hydrogen) atoms. The maximum atomic E-state index is 15.2. The summed E-state index contributed by atoms with van der Waals surface area (Å²) in [5.74, 6) is -4.63. The van der Waals surface area contributed by atoms with Crippen LogP contribution in [0.25, 0.3) is 10.9 Å². The molecule has 15 heteroatoms. The first kappa shape index (κ1) is 28.0. The van der Waals surface area contributed by atoms with Crippen molar-refractivity contribution in [3.63, 3.8) is 0 Å². The summed E-state index contributed by atoms with van der Waals surface area (Å²) in [7, 11) is 0. The number of aliphatic hydroxyl groups excluding tert-OH is 1. The molecule has 1 aliphatic carbocycles. The fourth-order valence-corrected chi connectivity index (χ4v) is 7.32. The van der Waals surface area contributed by atoms with Crippen LogP contribution in [0.15, 0.2) is 33.7 Å². The third-order valence-corrected chi connectivity index (χ3v) is 9.37. The van der Waals surface area contributed by atoms with E-state index in [4.69, 9.17) is 4.74 Å². The molecule has 0 bridgehead atoms. The molecule has 3 fully saturated rings. The number of aromatic carboxylic acids is 1. The number of carbonyl (C=O) groups is 4. The molecule has 4 aliphatic rings. The Labute approximate surface area is 241 Å². The van der Waals surface area contributed by atoms with Crippen molar-refractivity contribution in [2.75, 3.05) is 24.6 Å². The first-order valence-electron chi connectivity index (χ1n) is 13.4. The molecule has 13 nitrogen and oxygen atoms in total. The number of aromatic nitrogens is 1. The van der Waals surface area contributed by atoms with Crippen LogP contribution in [0, 0.1) is 11.7 Å². The average Bonchev–Trinajstić information content (AvgIpc) is 3.57. The fraction of sp³-hybridized carbons (Fsp3) is 0.444. The number of hydrogen-bond acceptors (Lipinski definition) is 9. The Balaban J connectivity index is 1.13. The molecule has 0 spiro atoms. The molecule has 4 N–H and O–H groups in total. The second-order valence-electron chi connectivity index (χ2n) is 10.8. The standard InChI is InChI=1S/C27H27FN4O9S/c1-11(33)20-23(35)32-21(26(38)39)19(42-24(20)32)10-41-27(40)29-12-4-5-30(8-12)18-7-17-14(6-16(18)28)22(34)15(25(36)37)9-31(17)13-2-3-13/h6-7,9,11-13,20,24,33H,2-5,8,10H2,1H3,(H,29,40)(H,36,37)(H,38,39)/t11-,12?,20-,24-/m0/s1. The molecule has 0 radical (unpaired) electrons. The number of amides is 2. The number of nitrogens with one attached hydrogen (secondary N) is 1. The number of carboxylic acids is 2. The highest BCUT2D eigenvalue weighted by Gasteiger charge is 2.57. The summed E-state index contributed by atoms with van der Waals surface area (Å²) >= 11 is 1.06. The molecule has 222 valence electrons. The number of rotatable bonds is 8. The number of benzene rings is 1. The van der Waals surface area contributed by atoms with Crippen LogP contribution in [0.3, 0.4) is 0 Å². The van der Waals surface area contributed by atoms with Crippen LogP contribution >= 0.6 is 11.8 Å². The van der Waals surface area contributed by atoms with E-state index >= 15 is 4.39 Å². The normalized spacial score (nSPS) is 24.1. The number of pyridine rings is 1. The zero-order chi connectivity index (χ0) is 30.0. The van der Waals surface area contributed by atoms with Crippen molar-refractivity contribution >= 4 is 52.3 Å². The monoisotopic (exact) mass is 602 g/mol. The lowest BCUT2D eigenvalue weighted by molar-refractivity contribution is -0.156. The second-order valence-corrected chi connectivity index (χ2v) is 12.1. The van der Waals surface area contributed by atoms with E-state index in [0.29, 0.717) is 18.5 Å². The van der Waals surface area contributed by atoms with Crippen molar-refractivity contribution in [3.05, 3.63) is 50.5 Å². The highest BCUT2D eigenvalue weighted by atomic mass is 32.2. The summed E-state index contributed by atoms with van der Waals surface area (Å²) < 4.78 is 22.2. The SMILES string of the molecule is C[C@H](O)[C@H]1C(=O)N2C(C(=O)O)=C(COC(=O)NC3CCN(c4cc5c(cc4F)c(=O)c(C(=O)O)cn5C4CC4)C3)S[C@@H]12. The second kappa shape index (κ2) is 10.3. The van der Waals surface area contributed by atoms with Gasteiger partial charge in [-0.25, -0.2) is 18.8 Å². The van der Waals surface area contributed by atoms with E-state index < -0.39 is 64.2 Å². The van der Waals surface area contributed by atoms with Crippen molar-refractivity contribution in [2.24, 2.45) is 5.92 Å². The minimum atomic E-state index is -1.37. The van der Waals surface area contributed by atoms with E-state index in [1.807, 2.05) is 0 Å². The van der Waals surface area contributed by atoms with Crippen molar-refractivity contribution in [1.82, 2.24) is 14.8 Å². The zero-order valence-electron chi connectivity index (χ0n) is 22.3. The van der Waals surface area contributed by atoms with Crippen LogP contribution in [0.5, 0.6) is 0 Å². The number of hydrogen-bond donors (Lipinski definition) is 4. The zero-order valence-corrected chi connectivity index (χ0v) is 23.1. The molecule has 2 saturated heterocycles. The number of anilines is 1. The Hall–Kier alpha value is -4.11. The number of ether oxygens (including phenoxy) is 1.